The lowest BCUT2D eigenvalue weighted by Crippen LogP contribution is -2.32. The number of urea groups is 1. The molecule has 0 saturated carbocycles. The van der Waals surface area contributed by atoms with Crippen LogP contribution in [0.1, 0.15) is 27.9 Å². The molecule has 0 aromatic heterocycles. The van der Waals surface area contributed by atoms with E-state index in [4.69, 9.17) is 5.11 Å². The summed E-state index contributed by atoms with van der Waals surface area (Å²) >= 11 is 0. The first-order valence-electron chi connectivity index (χ1n) is 6.06. The monoisotopic (exact) mass is 304 g/mol. The zero-order valence-electron chi connectivity index (χ0n) is 11.5. The van der Waals surface area contributed by atoms with Gasteiger partial charge in [-0.05, 0) is 31.0 Å². The fraction of sp³-hybridized carbons (Fsp3) is 0.385. The minimum Gasteiger partial charge on any atom is -0.478 e. The third-order valence-corrected chi connectivity index (χ3v) is 2.64. The first kappa shape index (κ1) is 16.8. The summed E-state index contributed by atoms with van der Waals surface area (Å²) < 4.78 is 35.9. The van der Waals surface area contributed by atoms with Gasteiger partial charge in [-0.15, -0.1) is 0 Å². The van der Waals surface area contributed by atoms with Gasteiger partial charge < -0.3 is 15.7 Å². The van der Waals surface area contributed by atoms with Crippen LogP contribution in [0, 0.1) is 13.8 Å². The molecule has 0 fully saturated rings. The highest BCUT2D eigenvalue weighted by molar-refractivity contribution is 6.01. The van der Waals surface area contributed by atoms with Crippen molar-refractivity contribution in [3.8, 4) is 0 Å². The molecule has 0 bridgehead atoms. The number of benzene rings is 1. The highest BCUT2D eigenvalue weighted by atomic mass is 19.4. The Labute approximate surface area is 119 Å². The molecule has 8 heteroatoms. The van der Waals surface area contributed by atoms with Gasteiger partial charge in [-0.1, -0.05) is 6.07 Å². The van der Waals surface area contributed by atoms with E-state index in [1.54, 1.807) is 19.9 Å². The number of anilines is 1. The van der Waals surface area contributed by atoms with E-state index < -0.39 is 31.1 Å². The summed E-state index contributed by atoms with van der Waals surface area (Å²) in [5.41, 5.74) is 1.17. The van der Waals surface area contributed by atoms with Crippen LogP contribution in [-0.4, -0.2) is 29.8 Å². The summed E-state index contributed by atoms with van der Waals surface area (Å²) in [5.74, 6) is -1.23. The van der Waals surface area contributed by atoms with Crippen molar-refractivity contribution in [3.63, 3.8) is 0 Å². The van der Waals surface area contributed by atoms with Gasteiger partial charge in [0.15, 0.2) is 0 Å². The smallest absolute Gasteiger partial charge is 0.390 e. The molecule has 2 amide bonds. The van der Waals surface area contributed by atoms with Gasteiger partial charge in [-0.25, -0.2) is 9.59 Å². The molecular weight excluding hydrogens is 289 g/mol. The molecule has 0 atom stereocenters. The van der Waals surface area contributed by atoms with E-state index in [0.29, 0.717) is 11.1 Å². The van der Waals surface area contributed by atoms with E-state index in [9.17, 15) is 22.8 Å². The molecule has 0 unspecified atom stereocenters. The molecule has 21 heavy (non-hydrogen) atoms. The highest BCUT2D eigenvalue weighted by Crippen LogP contribution is 2.23. The molecule has 5 nitrogen and oxygen atoms in total. The van der Waals surface area contributed by atoms with Crippen molar-refractivity contribution in [3.05, 3.63) is 28.8 Å². The lowest BCUT2D eigenvalue weighted by atomic mass is 10.0. The molecule has 0 aliphatic rings. The van der Waals surface area contributed by atoms with Gasteiger partial charge in [0.25, 0.3) is 0 Å². The predicted molar refractivity (Wildman–Crippen MR) is 70.6 cm³/mol. The number of rotatable bonds is 4. The number of aryl methyl sites for hydroxylation is 2. The summed E-state index contributed by atoms with van der Waals surface area (Å²) in [6.07, 6.45) is -5.52. The van der Waals surface area contributed by atoms with Crippen molar-refractivity contribution in [2.24, 2.45) is 0 Å². The molecule has 3 N–H and O–H groups in total. The maximum Gasteiger partial charge on any atom is 0.390 e. The molecule has 116 valence electrons. The van der Waals surface area contributed by atoms with Crippen molar-refractivity contribution >= 4 is 17.7 Å². The Hall–Kier alpha value is -2.25. The minimum atomic E-state index is -4.36. The number of amides is 2. The van der Waals surface area contributed by atoms with Gasteiger partial charge in [0.1, 0.15) is 0 Å². The van der Waals surface area contributed by atoms with Gasteiger partial charge in [0, 0.05) is 6.54 Å². The van der Waals surface area contributed by atoms with Crippen LogP contribution in [-0.2, 0) is 0 Å². The number of alkyl halides is 3. The largest absolute Gasteiger partial charge is 0.478 e. The van der Waals surface area contributed by atoms with E-state index in [0.717, 1.165) is 0 Å². The maximum absolute atomic E-state index is 12.0. The number of carboxylic acid groups (broad SMARTS) is 1. The van der Waals surface area contributed by atoms with E-state index in [1.165, 1.54) is 6.07 Å². The molecule has 0 radical (unpaired) electrons. The summed E-state index contributed by atoms with van der Waals surface area (Å²) in [5, 5.41) is 13.4. The number of halogens is 3. The fourth-order valence-corrected chi connectivity index (χ4v) is 1.78. The Kier molecular flexibility index (Phi) is 5.17. The Morgan fingerprint density at radius 3 is 2.38 bits per heavy atom. The standard InChI is InChI=1S/C13H15F3N2O3/c1-7-5-8(2)10(9(6-7)11(19)20)18-12(21)17-4-3-13(14,15)16/h5-6H,3-4H2,1-2H3,(H,19,20)(H2,17,18,21). The van der Waals surface area contributed by atoms with Gasteiger partial charge >= 0.3 is 18.2 Å². The molecule has 0 spiro atoms. The molecule has 0 heterocycles. The highest BCUT2D eigenvalue weighted by Gasteiger charge is 2.26. The van der Waals surface area contributed by atoms with Gasteiger partial charge in [0.2, 0.25) is 0 Å². The molecular formula is C13H15F3N2O3. The van der Waals surface area contributed by atoms with Crippen molar-refractivity contribution in [1.82, 2.24) is 5.32 Å². The third kappa shape index (κ3) is 5.33. The van der Waals surface area contributed by atoms with E-state index >= 15 is 0 Å². The lowest BCUT2D eigenvalue weighted by molar-refractivity contribution is -0.132. The molecule has 0 aliphatic heterocycles. The van der Waals surface area contributed by atoms with Crippen molar-refractivity contribution in [2.75, 3.05) is 11.9 Å². The Bertz CT molecular complexity index is 556. The van der Waals surface area contributed by atoms with E-state index in [-0.39, 0.29) is 11.3 Å². The quantitative estimate of drug-likeness (QED) is 0.800. The van der Waals surface area contributed by atoms with Crippen LogP contribution in [0.15, 0.2) is 12.1 Å². The minimum absolute atomic E-state index is 0.0672. The van der Waals surface area contributed by atoms with Crippen LogP contribution in [0.3, 0.4) is 0 Å². The van der Waals surface area contributed by atoms with Crippen LogP contribution in [0.25, 0.3) is 0 Å². The second-order valence-electron chi connectivity index (χ2n) is 4.56. The molecule has 1 aromatic rings. The molecule has 0 saturated heterocycles. The zero-order valence-corrected chi connectivity index (χ0v) is 11.5. The average molecular weight is 304 g/mol. The Morgan fingerprint density at radius 1 is 1.24 bits per heavy atom. The van der Waals surface area contributed by atoms with Crippen LogP contribution in [0.2, 0.25) is 0 Å². The molecule has 1 rings (SSSR count). The number of hydrogen-bond acceptors (Lipinski definition) is 2. The first-order valence-corrected chi connectivity index (χ1v) is 6.06. The van der Waals surface area contributed by atoms with Gasteiger partial charge in [0.05, 0.1) is 17.7 Å². The third-order valence-electron chi connectivity index (χ3n) is 2.64. The van der Waals surface area contributed by atoms with Crippen LogP contribution in [0.4, 0.5) is 23.7 Å². The summed E-state index contributed by atoms with van der Waals surface area (Å²) in [7, 11) is 0. The molecule has 0 aliphatic carbocycles. The summed E-state index contributed by atoms with van der Waals surface area (Å²) in [6.45, 7) is 2.72. The molecule has 1 aromatic carbocycles. The van der Waals surface area contributed by atoms with Crippen molar-refractivity contribution < 1.29 is 27.9 Å². The number of carbonyl (C=O) groups is 2. The maximum atomic E-state index is 12.0. The van der Waals surface area contributed by atoms with Crippen LogP contribution >= 0.6 is 0 Å². The zero-order chi connectivity index (χ0) is 16.2. The van der Waals surface area contributed by atoms with Gasteiger partial charge in [-0.2, -0.15) is 13.2 Å². The van der Waals surface area contributed by atoms with E-state index in [2.05, 4.69) is 5.32 Å². The summed E-state index contributed by atoms with van der Waals surface area (Å²) in [6, 6.07) is 2.16. The topological polar surface area (TPSA) is 78.4 Å². The van der Waals surface area contributed by atoms with E-state index in [1.807, 2.05) is 5.32 Å². The van der Waals surface area contributed by atoms with Crippen molar-refractivity contribution in [2.45, 2.75) is 26.4 Å². The number of hydrogen-bond donors (Lipinski definition) is 3. The summed E-state index contributed by atoms with van der Waals surface area (Å²) in [4.78, 5) is 22.7. The van der Waals surface area contributed by atoms with Crippen LogP contribution in [0.5, 0.6) is 0 Å². The SMILES string of the molecule is Cc1cc(C)c(NC(=O)NCCC(F)(F)F)c(C(=O)O)c1. The van der Waals surface area contributed by atoms with Crippen LogP contribution < -0.4 is 10.6 Å². The second-order valence-corrected chi connectivity index (χ2v) is 4.56. The fourth-order valence-electron chi connectivity index (χ4n) is 1.78. The van der Waals surface area contributed by atoms with Crippen molar-refractivity contribution in [1.29, 1.82) is 0 Å². The van der Waals surface area contributed by atoms with Gasteiger partial charge in [-0.3, -0.25) is 0 Å². The normalized spacial score (nSPS) is 11.1. The first-order chi connectivity index (χ1) is 9.60. The Morgan fingerprint density at radius 2 is 1.86 bits per heavy atom. The predicted octanol–water partition coefficient (Wildman–Crippen LogP) is 3.08. The number of aromatic carboxylic acids is 1. The number of nitrogens with one attached hydrogen (secondary N) is 2. The number of carbonyl (C=O) groups excluding carboxylic acids is 1. The second kappa shape index (κ2) is 6.47. The average Bonchev–Trinajstić information content (AvgIpc) is 2.30. The number of carboxylic acids is 1. The lowest BCUT2D eigenvalue weighted by Gasteiger charge is -2.14. The Balaban J connectivity index is 2.79.